The van der Waals surface area contributed by atoms with E-state index in [0.717, 1.165) is 0 Å². The molecule has 1 aromatic carbocycles. The van der Waals surface area contributed by atoms with E-state index >= 15 is 0 Å². The molecule has 10 nitrogen and oxygen atoms in total. The number of rotatable bonds is 9. The SMILES string of the molecule is COC(=O)CCN(CC(=O)N1CCN(S(=O)(=O)c2ccc3c(c2)OCCO3)CC1)CC(C)C. The van der Waals surface area contributed by atoms with E-state index in [4.69, 9.17) is 14.2 Å². The minimum Gasteiger partial charge on any atom is -0.486 e. The first kappa shape index (κ1) is 25.3. The van der Waals surface area contributed by atoms with Crippen LogP contribution in [0.1, 0.15) is 20.3 Å². The van der Waals surface area contributed by atoms with Gasteiger partial charge in [0.05, 0.1) is 25.0 Å². The Balaban J connectivity index is 1.57. The fourth-order valence-electron chi connectivity index (χ4n) is 3.91. The van der Waals surface area contributed by atoms with Gasteiger partial charge in [-0.05, 0) is 18.1 Å². The van der Waals surface area contributed by atoms with Crippen LogP contribution in [0.5, 0.6) is 11.5 Å². The zero-order valence-corrected chi connectivity index (χ0v) is 20.3. The molecule has 0 unspecified atom stereocenters. The molecule has 1 fully saturated rings. The zero-order valence-electron chi connectivity index (χ0n) is 19.5. The highest BCUT2D eigenvalue weighted by Crippen LogP contribution is 2.33. The van der Waals surface area contributed by atoms with E-state index in [2.05, 4.69) is 13.8 Å². The molecule has 0 bridgehead atoms. The third-order valence-electron chi connectivity index (χ3n) is 5.58. The maximum atomic E-state index is 13.1. The molecule has 184 valence electrons. The summed E-state index contributed by atoms with van der Waals surface area (Å²) in [5.74, 6) is 0.914. The summed E-state index contributed by atoms with van der Waals surface area (Å²) in [5.41, 5.74) is 0. The molecular weight excluding hydrogens is 450 g/mol. The Bertz CT molecular complexity index is 943. The minimum atomic E-state index is -3.71. The number of amides is 1. The van der Waals surface area contributed by atoms with Crippen molar-refractivity contribution >= 4 is 21.9 Å². The number of benzene rings is 1. The zero-order chi connectivity index (χ0) is 24.0. The van der Waals surface area contributed by atoms with Crippen LogP contribution in [-0.4, -0.2) is 101 Å². The normalized spacial score (nSPS) is 16.8. The minimum absolute atomic E-state index is 0.0723. The van der Waals surface area contributed by atoms with E-state index in [1.807, 2.05) is 4.90 Å². The highest BCUT2D eigenvalue weighted by Gasteiger charge is 2.31. The second kappa shape index (κ2) is 11.2. The number of sulfonamides is 1. The van der Waals surface area contributed by atoms with Crippen molar-refractivity contribution in [3.8, 4) is 11.5 Å². The van der Waals surface area contributed by atoms with Crippen molar-refractivity contribution in [3.63, 3.8) is 0 Å². The largest absolute Gasteiger partial charge is 0.486 e. The van der Waals surface area contributed by atoms with Crippen molar-refractivity contribution in [1.29, 1.82) is 0 Å². The molecule has 0 spiro atoms. The number of nitrogens with zero attached hydrogens (tertiary/aromatic N) is 3. The van der Waals surface area contributed by atoms with Crippen molar-refractivity contribution in [1.82, 2.24) is 14.1 Å². The van der Waals surface area contributed by atoms with E-state index in [0.29, 0.717) is 56.8 Å². The Kier molecular flexibility index (Phi) is 8.55. The van der Waals surface area contributed by atoms with Gasteiger partial charge in [0.2, 0.25) is 15.9 Å². The van der Waals surface area contributed by atoms with Crippen LogP contribution in [0.25, 0.3) is 0 Å². The van der Waals surface area contributed by atoms with Gasteiger partial charge in [-0.1, -0.05) is 13.8 Å². The van der Waals surface area contributed by atoms with Crippen molar-refractivity contribution in [2.24, 2.45) is 5.92 Å². The molecule has 2 heterocycles. The van der Waals surface area contributed by atoms with Gasteiger partial charge >= 0.3 is 5.97 Å². The van der Waals surface area contributed by atoms with Gasteiger partial charge in [0, 0.05) is 45.3 Å². The van der Waals surface area contributed by atoms with Gasteiger partial charge in [0.15, 0.2) is 11.5 Å². The quantitative estimate of drug-likeness (QED) is 0.475. The number of fused-ring (bicyclic) bond motifs is 1. The van der Waals surface area contributed by atoms with Gasteiger partial charge < -0.3 is 19.1 Å². The topological polar surface area (TPSA) is 106 Å². The van der Waals surface area contributed by atoms with Crippen LogP contribution in [0.4, 0.5) is 0 Å². The molecule has 0 aliphatic carbocycles. The van der Waals surface area contributed by atoms with Crippen LogP contribution in [0.15, 0.2) is 23.1 Å². The predicted octanol–water partition coefficient (Wildman–Crippen LogP) is 0.812. The van der Waals surface area contributed by atoms with Gasteiger partial charge in [-0.15, -0.1) is 0 Å². The van der Waals surface area contributed by atoms with Crippen molar-refractivity contribution < 1.29 is 32.2 Å². The first-order chi connectivity index (χ1) is 15.7. The van der Waals surface area contributed by atoms with Crippen molar-refractivity contribution in [2.45, 2.75) is 25.2 Å². The molecule has 33 heavy (non-hydrogen) atoms. The van der Waals surface area contributed by atoms with Crippen LogP contribution in [0.2, 0.25) is 0 Å². The Labute approximate surface area is 195 Å². The number of carbonyl (C=O) groups excluding carboxylic acids is 2. The Morgan fingerprint density at radius 3 is 2.39 bits per heavy atom. The van der Waals surface area contributed by atoms with E-state index in [9.17, 15) is 18.0 Å². The summed E-state index contributed by atoms with van der Waals surface area (Å²) in [4.78, 5) is 28.1. The van der Waals surface area contributed by atoms with E-state index in [1.54, 1.807) is 11.0 Å². The van der Waals surface area contributed by atoms with Gasteiger partial charge in [-0.2, -0.15) is 4.31 Å². The van der Waals surface area contributed by atoms with Crippen LogP contribution < -0.4 is 9.47 Å². The lowest BCUT2D eigenvalue weighted by Crippen LogP contribution is -2.52. The molecule has 0 aromatic heterocycles. The van der Waals surface area contributed by atoms with Crippen molar-refractivity contribution in [3.05, 3.63) is 18.2 Å². The lowest BCUT2D eigenvalue weighted by molar-refractivity contribution is -0.142. The average molecular weight is 484 g/mol. The Morgan fingerprint density at radius 2 is 1.76 bits per heavy atom. The third-order valence-corrected chi connectivity index (χ3v) is 7.48. The third kappa shape index (κ3) is 6.58. The molecule has 1 aromatic rings. The fourth-order valence-corrected chi connectivity index (χ4v) is 5.34. The summed E-state index contributed by atoms with van der Waals surface area (Å²) in [5, 5.41) is 0. The molecule has 2 aliphatic heterocycles. The van der Waals surface area contributed by atoms with E-state index in [-0.39, 0.29) is 42.8 Å². The monoisotopic (exact) mass is 483 g/mol. The van der Waals surface area contributed by atoms with Crippen LogP contribution in [0.3, 0.4) is 0 Å². The Hall–Kier alpha value is -2.37. The number of carbonyl (C=O) groups is 2. The smallest absolute Gasteiger partial charge is 0.306 e. The summed E-state index contributed by atoms with van der Waals surface area (Å²) in [6.07, 6.45) is 0.220. The standard InChI is InChI=1S/C22H33N3O7S/c1-17(2)15-23(7-6-22(27)30-3)16-21(26)24-8-10-25(11-9-24)33(28,29)18-4-5-19-20(14-18)32-13-12-31-19/h4-5,14,17H,6-13,15-16H2,1-3H3. The fraction of sp³-hybridized carbons (Fsp3) is 0.636. The number of ether oxygens (including phenoxy) is 3. The van der Waals surface area contributed by atoms with Gasteiger partial charge in [-0.3, -0.25) is 14.5 Å². The van der Waals surface area contributed by atoms with Crippen LogP contribution >= 0.6 is 0 Å². The Morgan fingerprint density at radius 1 is 1.09 bits per heavy atom. The molecule has 0 N–H and O–H groups in total. The average Bonchev–Trinajstić information content (AvgIpc) is 2.81. The molecule has 0 saturated carbocycles. The second-order valence-electron chi connectivity index (χ2n) is 8.55. The summed E-state index contributed by atoms with van der Waals surface area (Å²) < 4.78 is 43.3. The maximum absolute atomic E-state index is 13.1. The van der Waals surface area contributed by atoms with Gasteiger partial charge in [-0.25, -0.2) is 8.42 Å². The summed E-state index contributed by atoms with van der Waals surface area (Å²) in [6.45, 7) is 7.29. The number of esters is 1. The number of methoxy groups -OCH3 is 1. The maximum Gasteiger partial charge on any atom is 0.306 e. The number of hydrogen-bond donors (Lipinski definition) is 0. The molecule has 3 rings (SSSR count). The van der Waals surface area contributed by atoms with Crippen LogP contribution in [0, 0.1) is 5.92 Å². The molecular formula is C22H33N3O7S. The lowest BCUT2D eigenvalue weighted by atomic mass is 10.2. The molecule has 1 saturated heterocycles. The van der Waals surface area contributed by atoms with E-state index < -0.39 is 10.0 Å². The summed E-state index contributed by atoms with van der Waals surface area (Å²) >= 11 is 0. The highest BCUT2D eigenvalue weighted by atomic mass is 32.2. The first-order valence-corrected chi connectivity index (χ1v) is 12.6. The van der Waals surface area contributed by atoms with Gasteiger partial charge in [0.25, 0.3) is 0 Å². The molecule has 2 aliphatic rings. The molecule has 0 radical (unpaired) electrons. The summed E-state index contributed by atoms with van der Waals surface area (Å²) in [6, 6.07) is 4.62. The van der Waals surface area contributed by atoms with E-state index in [1.165, 1.54) is 23.5 Å². The van der Waals surface area contributed by atoms with Gasteiger partial charge in [0.1, 0.15) is 13.2 Å². The predicted molar refractivity (Wildman–Crippen MR) is 121 cm³/mol. The molecule has 1 amide bonds. The number of piperazine rings is 1. The first-order valence-electron chi connectivity index (χ1n) is 11.2. The molecule has 0 atom stereocenters. The second-order valence-corrected chi connectivity index (χ2v) is 10.5. The molecule has 11 heteroatoms. The van der Waals surface area contributed by atoms with Crippen molar-refractivity contribution in [2.75, 3.05) is 66.1 Å². The summed E-state index contributed by atoms with van der Waals surface area (Å²) in [7, 11) is -2.36. The highest BCUT2D eigenvalue weighted by molar-refractivity contribution is 7.89. The lowest BCUT2D eigenvalue weighted by Gasteiger charge is -2.35. The van der Waals surface area contributed by atoms with Crippen LogP contribution in [-0.2, 0) is 24.3 Å². The number of hydrogen-bond acceptors (Lipinski definition) is 8.